The van der Waals surface area contributed by atoms with Crippen LogP contribution in [0.2, 0.25) is 15.1 Å². The average Bonchev–Trinajstić information content (AvgIpc) is 3.13. The zero-order valence-corrected chi connectivity index (χ0v) is 32.5. The fourth-order valence-corrected chi connectivity index (χ4v) is 4.66. The summed E-state index contributed by atoms with van der Waals surface area (Å²) < 4.78 is 0. The largest absolute Gasteiger partial charge is 0.508 e. The number of amides is 1. The molecule has 4 aromatic rings. The Kier molecular flexibility index (Phi) is 21.4. The second kappa shape index (κ2) is 25.7. The molecule has 0 unspecified atom stereocenters. The summed E-state index contributed by atoms with van der Waals surface area (Å²) in [4.78, 5) is 25.9. The predicted octanol–water partition coefficient (Wildman–Crippen LogP) is 6.68. The highest BCUT2D eigenvalue weighted by molar-refractivity contribution is 6.31. The number of aromatic hydroxyl groups is 1. The highest BCUT2D eigenvalue weighted by atomic mass is 35.5. The fraction of sp³-hybridized carbons (Fsp3) is 0.216. The van der Waals surface area contributed by atoms with Gasteiger partial charge in [0.15, 0.2) is 0 Å². The Balaban J connectivity index is 0.000000411. The third kappa shape index (κ3) is 20.7. The van der Waals surface area contributed by atoms with E-state index in [1.807, 2.05) is 30.3 Å². The maximum absolute atomic E-state index is 9.64. The molecule has 0 atom stereocenters. The van der Waals surface area contributed by atoms with E-state index in [1.54, 1.807) is 66.7 Å². The molecule has 4 rings (SSSR count). The first-order valence-electron chi connectivity index (χ1n) is 16.5. The first-order chi connectivity index (χ1) is 25.8. The smallest absolute Gasteiger partial charge is 0.232 e. The van der Waals surface area contributed by atoms with E-state index in [-0.39, 0.29) is 29.7 Å². The van der Waals surface area contributed by atoms with Crippen LogP contribution in [0.3, 0.4) is 0 Å². The number of unbranched alkanes of at least 4 members (excludes halogenated alkanes) is 3. The molecule has 1 amide bonds. The molecule has 0 aliphatic carbocycles. The van der Waals surface area contributed by atoms with Gasteiger partial charge < -0.3 is 44.4 Å². The molecule has 54 heavy (non-hydrogen) atoms. The van der Waals surface area contributed by atoms with Gasteiger partial charge in [0.25, 0.3) is 0 Å². The van der Waals surface area contributed by atoms with E-state index in [9.17, 15) is 9.90 Å². The molecule has 0 aliphatic heterocycles. The second-order valence-electron chi connectivity index (χ2n) is 11.2. The number of aliphatic imine (C=N–C) groups is 4. The molecule has 0 aliphatic rings. The van der Waals surface area contributed by atoms with E-state index >= 15 is 0 Å². The minimum atomic E-state index is -0.480. The number of carbonyl (C=O) groups excluding carboxylic acids is 1. The van der Waals surface area contributed by atoms with Crippen LogP contribution in [-0.2, 0) is 11.2 Å². The van der Waals surface area contributed by atoms with Gasteiger partial charge in [-0.3, -0.25) is 14.8 Å². The molecule has 4 aromatic carbocycles. The van der Waals surface area contributed by atoms with Gasteiger partial charge >= 0.3 is 0 Å². The van der Waals surface area contributed by atoms with Gasteiger partial charge in [-0.05, 0) is 90.7 Å². The van der Waals surface area contributed by atoms with Crippen LogP contribution in [0.4, 0.5) is 11.4 Å². The number of alkyl halides is 1. The van der Waals surface area contributed by atoms with Crippen molar-refractivity contribution in [3.8, 4) is 5.75 Å². The zero-order chi connectivity index (χ0) is 39.7. The van der Waals surface area contributed by atoms with Gasteiger partial charge in [-0.1, -0.05) is 78.0 Å². The van der Waals surface area contributed by atoms with Gasteiger partial charge in [0.2, 0.25) is 29.7 Å². The molecule has 13 nitrogen and oxygen atoms in total. The topological polar surface area (TPSA) is 241 Å². The lowest BCUT2D eigenvalue weighted by Gasteiger charge is -2.05. The van der Waals surface area contributed by atoms with E-state index in [0.29, 0.717) is 40.3 Å². The first kappa shape index (κ1) is 44.9. The summed E-state index contributed by atoms with van der Waals surface area (Å²) in [5, 5.41) is 17.4. The Morgan fingerprint density at radius 3 is 1.46 bits per heavy atom. The van der Waals surface area contributed by atoms with Crippen LogP contribution in [0.15, 0.2) is 117 Å². The van der Waals surface area contributed by atoms with E-state index < -0.39 is 5.91 Å². The Morgan fingerprint density at radius 1 is 0.611 bits per heavy atom. The molecular formula is C37H45Cl4N11O2. The summed E-state index contributed by atoms with van der Waals surface area (Å²) in [6.45, 7) is 1.12. The third-order valence-corrected chi connectivity index (χ3v) is 7.73. The molecule has 0 fully saturated rings. The number of nitrogens with zero attached hydrogens (tertiary/aromatic N) is 4. The van der Waals surface area contributed by atoms with Crippen molar-refractivity contribution in [1.82, 2.24) is 0 Å². The van der Waals surface area contributed by atoms with Crippen molar-refractivity contribution in [2.45, 2.75) is 32.1 Å². The molecule has 0 aromatic heterocycles. The van der Waals surface area contributed by atoms with Crippen molar-refractivity contribution < 1.29 is 9.90 Å². The van der Waals surface area contributed by atoms with Crippen LogP contribution in [0.25, 0.3) is 0 Å². The number of rotatable bonds is 12. The van der Waals surface area contributed by atoms with Crippen LogP contribution in [0.5, 0.6) is 5.75 Å². The number of hydrogen-bond acceptors (Lipinski definition) is 4. The number of nitrogens with one attached hydrogen (secondary N) is 2. The normalized spacial score (nSPS) is 11.8. The molecule has 0 heterocycles. The molecule has 0 spiro atoms. The van der Waals surface area contributed by atoms with Gasteiger partial charge in [-0.2, -0.15) is 9.98 Å². The SMILES string of the molecule is NC(=NCCCCCCN=C(N)N=C(N)Nc1ccc(Cl)cc1)N=C(N)Nc1ccc(Cl)cc1.NC(=O)CCl.Oc1ccc(Cl)cc1Cc1ccccc1. The van der Waals surface area contributed by atoms with Crippen molar-refractivity contribution in [2.75, 3.05) is 29.6 Å². The highest BCUT2D eigenvalue weighted by Gasteiger charge is 2.03. The number of guanidine groups is 4. The third-order valence-electron chi connectivity index (χ3n) is 6.73. The minimum Gasteiger partial charge on any atom is -0.508 e. The molecule has 0 radical (unpaired) electrons. The van der Waals surface area contributed by atoms with Crippen molar-refractivity contribution in [1.29, 1.82) is 0 Å². The number of phenolic OH excluding ortho intramolecular Hbond substituents is 1. The van der Waals surface area contributed by atoms with Crippen LogP contribution >= 0.6 is 46.4 Å². The van der Waals surface area contributed by atoms with Crippen molar-refractivity contribution in [2.24, 2.45) is 48.6 Å². The number of primary amides is 1. The number of carbonyl (C=O) groups is 1. The summed E-state index contributed by atoms with van der Waals surface area (Å²) in [6, 6.07) is 29.2. The van der Waals surface area contributed by atoms with Crippen LogP contribution in [0, 0.1) is 0 Å². The number of benzene rings is 4. The Morgan fingerprint density at radius 2 is 1.04 bits per heavy atom. The van der Waals surface area contributed by atoms with Crippen molar-refractivity contribution >= 4 is 87.5 Å². The summed E-state index contributed by atoms with van der Waals surface area (Å²) in [5.74, 6) is 0.296. The Bertz CT molecular complexity index is 1760. The lowest BCUT2D eigenvalue weighted by molar-refractivity contribution is -0.115. The number of anilines is 2. The van der Waals surface area contributed by atoms with E-state index in [1.165, 1.54) is 0 Å². The summed E-state index contributed by atoms with van der Waals surface area (Å²) in [5.41, 5.74) is 31.3. The van der Waals surface area contributed by atoms with Gasteiger partial charge in [0, 0.05) is 46.0 Å². The number of phenols is 1. The molecule has 0 saturated carbocycles. The van der Waals surface area contributed by atoms with Crippen LogP contribution < -0.4 is 39.3 Å². The molecular weight excluding hydrogens is 772 g/mol. The number of hydrogen-bond donors (Lipinski definition) is 8. The fourth-order valence-electron chi connectivity index (χ4n) is 4.21. The Hall–Kier alpha value is -5.21. The van der Waals surface area contributed by atoms with Gasteiger partial charge in [0.1, 0.15) is 11.6 Å². The number of nitrogens with two attached hydrogens (primary N) is 5. The van der Waals surface area contributed by atoms with Gasteiger partial charge in [0.05, 0.1) is 0 Å². The summed E-state index contributed by atoms with van der Waals surface area (Å²) in [7, 11) is 0. The minimum absolute atomic E-state index is 0.0833. The maximum Gasteiger partial charge on any atom is 0.232 e. The highest BCUT2D eigenvalue weighted by Crippen LogP contribution is 2.24. The van der Waals surface area contributed by atoms with Gasteiger partial charge in [-0.25, -0.2) is 0 Å². The summed E-state index contributed by atoms with van der Waals surface area (Å²) >= 11 is 22.4. The molecule has 13 N–H and O–H groups in total. The standard InChI is InChI=1S/C22H30Cl2N10.C13H11ClO.C2H4ClNO/c23-15-5-9-17(10-6-15)31-21(27)33-19(25)29-13-3-1-2-4-14-30-20(26)34-22(28)32-18-11-7-16(24)8-12-18;14-12-6-7-13(15)11(9-12)8-10-4-2-1-3-5-10;3-1-2(4)5/h5-12H,1-4,13-14H2,(H5,25,27,29,31,33)(H5,26,28,30,32,34);1-7,9,15H,8H2;1H2,(H2,4,5). The van der Waals surface area contributed by atoms with Crippen LogP contribution in [-0.4, -0.2) is 53.8 Å². The lowest BCUT2D eigenvalue weighted by Crippen LogP contribution is -2.26. The van der Waals surface area contributed by atoms with Crippen LogP contribution in [0.1, 0.15) is 36.8 Å². The predicted molar refractivity (Wildman–Crippen MR) is 227 cm³/mol. The van der Waals surface area contributed by atoms with E-state index in [4.69, 9.17) is 69.3 Å². The molecule has 0 bridgehead atoms. The number of halogens is 4. The molecule has 0 saturated heterocycles. The zero-order valence-electron chi connectivity index (χ0n) is 29.4. The second-order valence-corrected chi connectivity index (χ2v) is 12.8. The Labute approximate surface area is 335 Å². The molecule has 17 heteroatoms. The van der Waals surface area contributed by atoms with E-state index in [2.05, 4.69) is 36.3 Å². The lowest BCUT2D eigenvalue weighted by atomic mass is 10.0. The monoisotopic (exact) mass is 815 g/mol. The van der Waals surface area contributed by atoms with E-state index in [0.717, 1.165) is 48.2 Å². The maximum atomic E-state index is 9.64. The summed E-state index contributed by atoms with van der Waals surface area (Å²) in [6.07, 6.45) is 4.38. The quantitative estimate of drug-likeness (QED) is 0.0331. The van der Waals surface area contributed by atoms with Gasteiger partial charge in [-0.15, -0.1) is 11.6 Å². The van der Waals surface area contributed by atoms with Crippen molar-refractivity contribution in [3.05, 3.63) is 123 Å². The average molecular weight is 818 g/mol. The first-order valence-corrected chi connectivity index (χ1v) is 18.2. The van der Waals surface area contributed by atoms with Crippen molar-refractivity contribution in [3.63, 3.8) is 0 Å². The molecule has 288 valence electrons.